The predicted molar refractivity (Wildman–Crippen MR) is 68.8 cm³/mol. The summed E-state index contributed by atoms with van der Waals surface area (Å²) in [5.41, 5.74) is 1.05. The van der Waals surface area contributed by atoms with E-state index in [2.05, 4.69) is 9.72 Å². The maximum absolute atomic E-state index is 11.4. The number of carbonyl (C=O) groups is 1. The Bertz CT molecular complexity index is 578. The first-order valence-electron chi connectivity index (χ1n) is 5.76. The molecule has 0 atom stereocenters. The second-order valence-electron chi connectivity index (χ2n) is 4.21. The maximum atomic E-state index is 11.4. The Kier molecular flexibility index (Phi) is 3.46. The lowest BCUT2D eigenvalue weighted by Crippen LogP contribution is -2.06. The Labute approximate surface area is 106 Å². The normalized spacial score (nSPS) is 10.7. The highest BCUT2D eigenvalue weighted by molar-refractivity contribution is 5.91. The van der Waals surface area contributed by atoms with Crippen LogP contribution in [0.25, 0.3) is 10.9 Å². The molecule has 0 unspecified atom stereocenters. The number of pyridine rings is 1. The van der Waals surface area contributed by atoms with Gasteiger partial charge in [0, 0.05) is 5.39 Å². The van der Waals surface area contributed by atoms with Crippen LogP contribution < -0.4 is 4.74 Å². The van der Waals surface area contributed by atoms with E-state index in [0.717, 1.165) is 16.7 Å². The van der Waals surface area contributed by atoms with Crippen LogP contribution in [-0.2, 0) is 4.74 Å². The summed E-state index contributed by atoms with van der Waals surface area (Å²) in [5.74, 6) is 0.365. The van der Waals surface area contributed by atoms with Crippen LogP contribution in [0.15, 0.2) is 30.3 Å². The standard InChI is InChI=1S/C14H15NO3/c1-9(2)18-11-5-7-12-10(8-11)4-6-13(15-12)14(16)17-3/h4-9H,1-3H3. The summed E-state index contributed by atoms with van der Waals surface area (Å²) >= 11 is 0. The molecule has 4 heteroatoms. The van der Waals surface area contributed by atoms with E-state index in [0.29, 0.717) is 5.69 Å². The van der Waals surface area contributed by atoms with Crippen molar-refractivity contribution < 1.29 is 14.3 Å². The number of ether oxygens (including phenoxy) is 2. The van der Waals surface area contributed by atoms with Crippen molar-refractivity contribution in [1.29, 1.82) is 0 Å². The van der Waals surface area contributed by atoms with Gasteiger partial charge in [-0.15, -0.1) is 0 Å². The Morgan fingerprint density at radius 3 is 2.67 bits per heavy atom. The van der Waals surface area contributed by atoms with Gasteiger partial charge >= 0.3 is 5.97 Å². The molecule has 0 fully saturated rings. The van der Waals surface area contributed by atoms with Gasteiger partial charge in [-0.25, -0.2) is 9.78 Å². The third-order valence-electron chi connectivity index (χ3n) is 2.43. The molecule has 1 aromatic heterocycles. The smallest absolute Gasteiger partial charge is 0.356 e. The first-order valence-corrected chi connectivity index (χ1v) is 5.76. The first-order chi connectivity index (χ1) is 8.60. The first kappa shape index (κ1) is 12.4. The van der Waals surface area contributed by atoms with E-state index < -0.39 is 5.97 Å². The van der Waals surface area contributed by atoms with Crippen LogP contribution in [0.2, 0.25) is 0 Å². The molecule has 0 N–H and O–H groups in total. The molecule has 18 heavy (non-hydrogen) atoms. The van der Waals surface area contributed by atoms with E-state index in [4.69, 9.17) is 4.74 Å². The summed E-state index contributed by atoms with van der Waals surface area (Å²) < 4.78 is 10.2. The minimum absolute atomic E-state index is 0.129. The molecule has 1 heterocycles. The lowest BCUT2D eigenvalue weighted by Gasteiger charge is -2.10. The van der Waals surface area contributed by atoms with Crippen molar-refractivity contribution >= 4 is 16.9 Å². The number of benzene rings is 1. The number of hydrogen-bond donors (Lipinski definition) is 0. The monoisotopic (exact) mass is 245 g/mol. The Balaban J connectivity index is 2.39. The number of aromatic nitrogens is 1. The van der Waals surface area contributed by atoms with E-state index in [1.54, 1.807) is 6.07 Å². The second-order valence-corrected chi connectivity index (χ2v) is 4.21. The van der Waals surface area contributed by atoms with Crippen LogP contribution >= 0.6 is 0 Å². The van der Waals surface area contributed by atoms with Crippen molar-refractivity contribution in [2.24, 2.45) is 0 Å². The summed E-state index contributed by atoms with van der Waals surface area (Å²) in [5, 5.41) is 0.931. The SMILES string of the molecule is COC(=O)c1ccc2cc(OC(C)C)ccc2n1. The molecular weight excluding hydrogens is 230 g/mol. The molecule has 0 amide bonds. The van der Waals surface area contributed by atoms with Crippen LogP contribution in [-0.4, -0.2) is 24.2 Å². The highest BCUT2D eigenvalue weighted by Gasteiger charge is 2.08. The molecule has 2 aromatic rings. The number of hydrogen-bond acceptors (Lipinski definition) is 4. The summed E-state index contributed by atoms with van der Waals surface area (Å²) in [7, 11) is 1.34. The lowest BCUT2D eigenvalue weighted by atomic mass is 10.2. The van der Waals surface area contributed by atoms with Crippen molar-refractivity contribution in [3.8, 4) is 5.75 Å². The number of carbonyl (C=O) groups excluding carboxylic acids is 1. The van der Waals surface area contributed by atoms with Crippen LogP contribution in [0.1, 0.15) is 24.3 Å². The van der Waals surface area contributed by atoms with Gasteiger partial charge in [0.2, 0.25) is 0 Å². The number of nitrogens with zero attached hydrogens (tertiary/aromatic N) is 1. The molecule has 0 saturated carbocycles. The van der Waals surface area contributed by atoms with Gasteiger partial charge in [-0.3, -0.25) is 0 Å². The average molecular weight is 245 g/mol. The fourth-order valence-electron chi connectivity index (χ4n) is 1.67. The fourth-order valence-corrected chi connectivity index (χ4v) is 1.67. The summed E-state index contributed by atoms with van der Waals surface area (Å²) in [6.07, 6.45) is 0.129. The minimum atomic E-state index is -0.431. The predicted octanol–water partition coefficient (Wildman–Crippen LogP) is 2.81. The van der Waals surface area contributed by atoms with E-state index >= 15 is 0 Å². The van der Waals surface area contributed by atoms with Gasteiger partial charge in [0.15, 0.2) is 0 Å². The highest BCUT2D eigenvalue weighted by atomic mass is 16.5. The van der Waals surface area contributed by atoms with Crippen molar-refractivity contribution in [2.75, 3.05) is 7.11 Å². The van der Waals surface area contributed by atoms with Crippen molar-refractivity contribution in [1.82, 2.24) is 4.98 Å². The zero-order chi connectivity index (χ0) is 13.1. The Morgan fingerprint density at radius 2 is 2.00 bits per heavy atom. The number of fused-ring (bicyclic) bond motifs is 1. The fraction of sp³-hybridized carbons (Fsp3) is 0.286. The second kappa shape index (κ2) is 5.04. The molecular formula is C14H15NO3. The third-order valence-corrected chi connectivity index (χ3v) is 2.43. The molecule has 0 radical (unpaired) electrons. The van der Waals surface area contributed by atoms with E-state index in [1.807, 2.05) is 38.1 Å². The average Bonchev–Trinajstić information content (AvgIpc) is 2.36. The molecule has 0 aliphatic rings. The number of rotatable bonds is 3. The third kappa shape index (κ3) is 2.59. The summed E-state index contributed by atoms with van der Waals surface area (Å²) in [6, 6.07) is 9.06. The largest absolute Gasteiger partial charge is 0.491 e. The van der Waals surface area contributed by atoms with Gasteiger partial charge in [-0.2, -0.15) is 0 Å². The van der Waals surface area contributed by atoms with Gasteiger partial charge < -0.3 is 9.47 Å². The van der Waals surface area contributed by atoms with Crippen LogP contribution in [0.4, 0.5) is 0 Å². The van der Waals surface area contributed by atoms with Gasteiger partial charge in [0.25, 0.3) is 0 Å². The van der Waals surface area contributed by atoms with E-state index in [9.17, 15) is 4.79 Å². The minimum Gasteiger partial charge on any atom is -0.491 e. The van der Waals surface area contributed by atoms with Crippen molar-refractivity contribution in [3.63, 3.8) is 0 Å². The summed E-state index contributed by atoms with van der Waals surface area (Å²) in [6.45, 7) is 3.95. The van der Waals surface area contributed by atoms with Crippen LogP contribution in [0, 0.1) is 0 Å². The molecule has 0 aliphatic carbocycles. The van der Waals surface area contributed by atoms with Gasteiger partial charge in [0.1, 0.15) is 11.4 Å². The van der Waals surface area contributed by atoms with Crippen molar-refractivity contribution in [2.45, 2.75) is 20.0 Å². The van der Waals surface area contributed by atoms with Gasteiger partial charge in [0.05, 0.1) is 18.7 Å². The molecule has 4 nitrogen and oxygen atoms in total. The van der Waals surface area contributed by atoms with Crippen LogP contribution in [0.5, 0.6) is 5.75 Å². The molecule has 0 saturated heterocycles. The van der Waals surface area contributed by atoms with Crippen molar-refractivity contribution in [3.05, 3.63) is 36.0 Å². The van der Waals surface area contributed by atoms with E-state index in [-0.39, 0.29) is 6.10 Å². The lowest BCUT2D eigenvalue weighted by molar-refractivity contribution is 0.0594. The molecule has 0 spiro atoms. The van der Waals surface area contributed by atoms with Crippen LogP contribution in [0.3, 0.4) is 0 Å². The Morgan fingerprint density at radius 1 is 1.22 bits per heavy atom. The van der Waals surface area contributed by atoms with Gasteiger partial charge in [-0.1, -0.05) is 6.07 Å². The maximum Gasteiger partial charge on any atom is 0.356 e. The quantitative estimate of drug-likeness (QED) is 0.780. The molecule has 2 rings (SSSR count). The topological polar surface area (TPSA) is 48.4 Å². The molecule has 1 aromatic carbocycles. The molecule has 0 aliphatic heterocycles. The molecule has 0 bridgehead atoms. The van der Waals surface area contributed by atoms with E-state index in [1.165, 1.54) is 7.11 Å². The number of esters is 1. The Hall–Kier alpha value is -2.10. The molecule has 94 valence electrons. The summed E-state index contributed by atoms with van der Waals surface area (Å²) in [4.78, 5) is 15.6. The zero-order valence-corrected chi connectivity index (χ0v) is 10.6. The van der Waals surface area contributed by atoms with Gasteiger partial charge in [-0.05, 0) is 38.1 Å². The highest BCUT2D eigenvalue weighted by Crippen LogP contribution is 2.21. The zero-order valence-electron chi connectivity index (χ0n) is 10.6. The number of methoxy groups -OCH3 is 1.